The number of hydrogen-bond acceptors (Lipinski definition) is 6. The average molecular weight is 469 g/mol. The fraction of sp³-hybridized carbons (Fsp3) is 0.375. The third-order valence-corrected chi connectivity index (χ3v) is 7.76. The summed E-state index contributed by atoms with van der Waals surface area (Å²) < 4.78 is 1.65. The summed E-state index contributed by atoms with van der Waals surface area (Å²) in [5, 5.41) is 4.25. The van der Waals surface area contributed by atoms with Gasteiger partial charge in [-0.25, -0.2) is 4.98 Å². The molecule has 2 heterocycles. The van der Waals surface area contributed by atoms with E-state index >= 15 is 0 Å². The average Bonchev–Trinajstić information content (AvgIpc) is 2.96. The van der Waals surface area contributed by atoms with Gasteiger partial charge in [-0.15, -0.1) is 17.9 Å². The molecular weight excluding hydrogens is 440 g/mol. The van der Waals surface area contributed by atoms with Crippen LogP contribution in [0.5, 0.6) is 0 Å². The predicted octanol–water partition coefficient (Wildman–Crippen LogP) is 4.71. The zero-order chi connectivity index (χ0) is 22.7. The van der Waals surface area contributed by atoms with Crippen molar-refractivity contribution in [3.63, 3.8) is 0 Å². The minimum atomic E-state index is -0.130. The van der Waals surface area contributed by atoms with Crippen LogP contribution in [0.4, 0.5) is 11.4 Å². The Morgan fingerprint density at radius 2 is 2.00 bits per heavy atom. The van der Waals surface area contributed by atoms with Crippen molar-refractivity contribution in [1.82, 2.24) is 9.55 Å². The Bertz CT molecular complexity index is 1200. The molecule has 1 amide bonds. The van der Waals surface area contributed by atoms with E-state index in [9.17, 15) is 9.59 Å². The summed E-state index contributed by atoms with van der Waals surface area (Å²) in [4.78, 5) is 34.8. The maximum Gasteiger partial charge on any atom is 0.263 e. The number of aryl methyl sites for hydroxylation is 2. The lowest BCUT2D eigenvalue weighted by atomic mass is 10.1. The first-order chi connectivity index (χ1) is 15.5. The minimum absolute atomic E-state index is 0.0171. The Morgan fingerprint density at radius 3 is 2.72 bits per heavy atom. The highest BCUT2D eigenvalue weighted by Gasteiger charge is 2.21. The van der Waals surface area contributed by atoms with Gasteiger partial charge in [-0.1, -0.05) is 24.3 Å². The van der Waals surface area contributed by atoms with E-state index in [-0.39, 0.29) is 17.2 Å². The van der Waals surface area contributed by atoms with Crippen molar-refractivity contribution in [3.05, 3.63) is 57.7 Å². The van der Waals surface area contributed by atoms with Crippen LogP contribution in [0.2, 0.25) is 0 Å². The zero-order valence-electron chi connectivity index (χ0n) is 18.5. The van der Waals surface area contributed by atoms with Crippen LogP contribution in [-0.4, -0.2) is 35.3 Å². The molecule has 0 saturated heterocycles. The van der Waals surface area contributed by atoms with Gasteiger partial charge in [-0.3, -0.25) is 14.2 Å². The lowest BCUT2D eigenvalue weighted by Gasteiger charge is -2.13. The molecule has 0 atom stereocenters. The second kappa shape index (κ2) is 9.92. The van der Waals surface area contributed by atoms with Gasteiger partial charge in [0.25, 0.3) is 5.56 Å². The predicted molar refractivity (Wildman–Crippen MR) is 135 cm³/mol. The van der Waals surface area contributed by atoms with Gasteiger partial charge < -0.3 is 10.2 Å². The molecule has 6 nitrogen and oxygen atoms in total. The summed E-state index contributed by atoms with van der Waals surface area (Å²) in [6.07, 6.45) is 7.16. The van der Waals surface area contributed by atoms with Gasteiger partial charge in [0.05, 0.1) is 11.1 Å². The summed E-state index contributed by atoms with van der Waals surface area (Å²) in [7, 11) is 3.95. The number of thioether (sulfide) groups is 1. The number of nitrogens with one attached hydrogen (secondary N) is 1. The highest BCUT2D eigenvalue weighted by atomic mass is 32.2. The molecule has 1 aliphatic carbocycles. The van der Waals surface area contributed by atoms with Gasteiger partial charge in [0, 0.05) is 36.9 Å². The maximum absolute atomic E-state index is 13.4. The molecule has 0 spiro atoms. The highest BCUT2D eigenvalue weighted by Crippen LogP contribution is 2.34. The summed E-state index contributed by atoms with van der Waals surface area (Å²) in [6.45, 7) is 4.18. The number of hydrogen-bond donors (Lipinski definition) is 1. The molecule has 0 radical (unpaired) electrons. The quantitative estimate of drug-likeness (QED) is 0.235. The summed E-state index contributed by atoms with van der Waals surface area (Å²) in [6, 6.07) is 7.69. The van der Waals surface area contributed by atoms with Gasteiger partial charge in [-0.05, 0) is 55.5 Å². The smallest absolute Gasteiger partial charge is 0.263 e. The fourth-order valence-electron chi connectivity index (χ4n) is 3.97. The van der Waals surface area contributed by atoms with Crippen LogP contribution in [0.25, 0.3) is 10.2 Å². The van der Waals surface area contributed by atoms with Crippen LogP contribution >= 0.6 is 23.1 Å². The number of amides is 1. The number of anilines is 2. The number of nitrogens with zero attached hydrogens (tertiary/aromatic N) is 3. The number of thiophene rings is 1. The van der Waals surface area contributed by atoms with Crippen molar-refractivity contribution in [2.24, 2.45) is 0 Å². The van der Waals surface area contributed by atoms with Gasteiger partial charge in [0.15, 0.2) is 5.16 Å². The number of fused-ring (bicyclic) bond motifs is 3. The highest BCUT2D eigenvalue weighted by molar-refractivity contribution is 7.99. The minimum Gasteiger partial charge on any atom is -0.378 e. The lowest BCUT2D eigenvalue weighted by molar-refractivity contribution is -0.113. The van der Waals surface area contributed by atoms with E-state index in [2.05, 4.69) is 11.9 Å². The topological polar surface area (TPSA) is 67.2 Å². The second-order valence-corrected chi connectivity index (χ2v) is 10.1. The summed E-state index contributed by atoms with van der Waals surface area (Å²) in [5.41, 5.74) is 2.98. The van der Waals surface area contributed by atoms with Crippen molar-refractivity contribution in [2.45, 2.75) is 43.8 Å². The molecule has 32 heavy (non-hydrogen) atoms. The van der Waals surface area contributed by atoms with Crippen molar-refractivity contribution in [1.29, 1.82) is 0 Å². The van der Waals surface area contributed by atoms with Gasteiger partial charge in [-0.2, -0.15) is 0 Å². The summed E-state index contributed by atoms with van der Waals surface area (Å²) in [5.74, 6) is 0.0457. The largest absolute Gasteiger partial charge is 0.378 e. The lowest BCUT2D eigenvalue weighted by Crippen LogP contribution is -2.24. The van der Waals surface area contributed by atoms with Crippen molar-refractivity contribution in [2.75, 3.05) is 30.1 Å². The molecule has 8 heteroatoms. The van der Waals surface area contributed by atoms with Gasteiger partial charge >= 0.3 is 0 Å². The van der Waals surface area contributed by atoms with E-state index < -0.39 is 0 Å². The molecule has 3 aromatic rings. The Labute approximate surface area is 196 Å². The Hall–Kier alpha value is -2.58. The molecule has 1 aromatic carbocycles. The SMILES string of the molecule is C=CCn1c(SCC(=O)Nc2ccc(N(C)C)cc2)nc2sc3c(c2c1=O)CCCCC3. The molecule has 168 valence electrons. The molecule has 0 saturated carbocycles. The third-order valence-electron chi connectivity index (χ3n) is 5.60. The Balaban J connectivity index is 1.55. The van der Waals surface area contributed by atoms with Crippen LogP contribution in [0.1, 0.15) is 29.7 Å². The van der Waals surface area contributed by atoms with E-state index in [1.165, 1.54) is 28.6 Å². The standard InChI is InChI=1S/C24H28N4O2S2/c1-4-14-28-23(30)21-18-8-6-5-7-9-19(18)32-22(21)26-24(28)31-15-20(29)25-16-10-12-17(13-11-16)27(2)3/h4,10-13H,1,5-9,14-15H2,2-3H3,(H,25,29). The molecule has 1 N–H and O–H groups in total. The van der Waals surface area contributed by atoms with E-state index in [1.807, 2.05) is 43.3 Å². The second-order valence-electron chi connectivity index (χ2n) is 8.12. The van der Waals surface area contributed by atoms with Gasteiger partial charge in [0.2, 0.25) is 5.91 Å². The number of aromatic nitrogens is 2. The Morgan fingerprint density at radius 1 is 1.25 bits per heavy atom. The van der Waals surface area contributed by atoms with Crippen LogP contribution in [-0.2, 0) is 24.2 Å². The van der Waals surface area contributed by atoms with E-state index in [4.69, 9.17) is 4.98 Å². The maximum atomic E-state index is 13.4. The van der Waals surface area contributed by atoms with E-state index in [0.717, 1.165) is 47.3 Å². The van der Waals surface area contributed by atoms with E-state index in [0.29, 0.717) is 11.7 Å². The molecular formula is C24H28N4O2S2. The van der Waals surface area contributed by atoms with Crippen molar-refractivity contribution in [3.8, 4) is 0 Å². The first-order valence-electron chi connectivity index (χ1n) is 10.8. The van der Waals surface area contributed by atoms with Crippen LogP contribution in [0, 0.1) is 0 Å². The van der Waals surface area contributed by atoms with Crippen LogP contribution in [0.3, 0.4) is 0 Å². The van der Waals surface area contributed by atoms with Crippen molar-refractivity contribution < 1.29 is 4.79 Å². The van der Waals surface area contributed by atoms with Crippen molar-refractivity contribution >= 4 is 50.6 Å². The first-order valence-corrected chi connectivity index (χ1v) is 12.6. The zero-order valence-corrected chi connectivity index (χ0v) is 20.2. The van der Waals surface area contributed by atoms with Gasteiger partial charge in [0.1, 0.15) is 4.83 Å². The Kier molecular flexibility index (Phi) is 7.01. The molecule has 0 unspecified atom stereocenters. The molecule has 4 rings (SSSR count). The normalized spacial score (nSPS) is 13.4. The monoisotopic (exact) mass is 468 g/mol. The van der Waals surface area contributed by atoms with Crippen LogP contribution < -0.4 is 15.8 Å². The molecule has 1 aliphatic rings. The number of carbonyl (C=O) groups excluding carboxylic acids is 1. The summed E-state index contributed by atoms with van der Waals surface area (Å²) >= 11 is 2.93. The van der Waals surface area contributed by atoms with Crippen LogP contribution in [0.15, 0.2) is 46.9 Å². The molecule has 0 fully saturated rings. The first kappa shape index (κ1) is 22.6. The fourth-order valence-corrected chi connectivity index (χ4v) is 6.08. The molecule has 2 aromatic heterocycles. The molecule has 0 aliphatic heterocycles. The number of allylic oxidation sites excluding steroid dienone is 1. The van der Waals surface area contributed by atoms with E-state index in [1.54, 1.807) is 22.0 Å². The molecule has 0 bridgehead atoms. The number of carbonyl (C=O) groups is 1. The number of rotatable bonds is 7. The number of benzene rings is 1. The third kappa shape index (κ3) is 4.76.